The van der Waals surface area contributed by atoms with E-state index in [1.165, 1.54) is 7.11 Å². The van der Waals surface area contributed by atoms with Crippen LogP contribution in [0.1, 0.15) is 71.2 Å². The van der Waals surface area contributed by atoms with Gasteiger partial charge in [0, 0.05) is 42.4 Å². The second kappa shape index (κ2) is 13.7. The molecule has 0 aliphatic carbocycles. The molecule has 0 spiro atoms. The van der Waals surface area contributed by atoms with Crippen molar-refractivity contribution < 1.29 is 23.7 Å². The van der Waals surface area contributed by atoms with Gasteiger partial charge in [-0.15, -0.1) is 0 Å². The highest BCUT2D eigenvalue weighted by Gasteiger charge is 2.38. The van der Waals surface area contributed by atoms with Crippen LogP contribution < -0.4 is 9.64 Å². The fourth-order valence-electron chi connectivity index (χ4n) is 6.52. The van der Waals surface area contributed by atoms with Crippen molar-refractivity contribution in [1.82, 2.24) is 14.6 Å². The molecular formula is C39H45N5O5. The Hall–Kier alpha value is -4.72. The van der Waals surface area contributed by atoms with E-state index in [1.807, 2.05) is 75.5 Å². The van der Waals surface area contributed by atoms with Crippen molar-refractivity contribution in [1.29, 1.82) is 0 Å². The maximum Gasteiger partial charge on any atom is 0.339 e. The second-order valence-electron chi connectivity index (χ2n) is 14.1. The van der Waals surface area contributed by atoms with E-state index in [4.69, 9.17) is 35.6 Å². The maximum atomic E-state index is 13.4. The van der Waals surface area contributed by atoms with E-state index in [1.54, 1.807) is 6.07 Å². The third-order valence-corrected chi connectivity index (χ3v) is 9.13. The van der Waals surface area contributed by atoms with Crippen LogP contribution in [0.2, 0.25) is 0 Å². The van der Waals surface area contributed by atoms with Crippen molar-refractivity contribution >= 4 is 23.1 Å². The number of carbonyl (C=O) groups excluding carboxylic acids is 1. The molecule has 2 aromatic heterocycles. The minimum atomic E-state index is -1.01. The minimum Gasteiger partial charge on any atom is -0.490 e. The molecule has 0 N–H and O–H groups in total. The Labute approximate surface area is 288 Å². The summed E-state index contributed by atoms with van der Waals surface area (Å²) in [6.45, 7) is 21.4. The van der Waals surface area contributed by atoms with Crippen LogP contribution in [0.4, 0.5) is 11.5 Å². The van der Waals surface area contributed by atoms with Crippen LogP contribution in [0.15, 0.2) is 60.7 Å². The van der Waals surface area contributed by atoms with E-state index in [0.29, 0.717) is 54.5 Å². The van der Waals surface area contributed by atoms with Crippen LogP contribution in [0, 0.1) is 13.5 Å². The fourth-order valence-corrected chi connectivity index (χ4v) is 6.52. The topological polar surface area (TPSA) is 91.8 Å². The number of aryl methyl sites for hydroxylation is 1. The number of piperidine rings is 1. The Bertz CT molecular complexity index is 1930. The van der Waals surface area contributed by atoms with Gasteiger partial charge in [-0.2, -0.15) is 9.61 Å². The summed E-state index contributed by atoms with van der Waals surface area (Å²) in [6.07, 6.45) is 5.35. The van der Waals surface area contributed by atoms with Crippen molar-refractivity contribution in [3.63, 3.8) is 0 Å². The van der Waals surface area contributed by atoms with Gasteiger partial charge < -0.3 is 23.8 Å². The molecule has 4 aromatic rings. The van der Waals surface area contributed by atoms with E-state index in [9.17, 15) is 4.79 Å². The molecule has 2 atom stereocenters. The van der Waals surface area contributed by atoms with Gasteiger partial charge in [-0.1, -0.05) is 36.4 Å². The first-order valence-electron chi connectivity index (χ1n) is 16.9. The molecule has 256 valence electrons. The second-order valence-corrected chi connectivity index (χ2v) is 14.1. The molecule has 0 unspecified atom stereocenters. The highest BCUT2D eigenvalue weighted by atomic mass is 16.6. The molecule has 5 heterocycles. The molecule has 2 aromatic carbocycles. The summed E-state index contributed by atoms with van der Waals surface area (Å²) in [6, 6.07) is 15.6. The summed E-state index contributed by atoms with van der Waals surface area (Å²) < 4.78 is 26.4. The Morgan fingerprint density at radius 1 is 1.10 bits per heavy atom. The number of hydrogen-bond donors (Lipinski definition) is 0. The smallest absolute Gasteiger partial charge is 0.339 e. The quantitative estimate of drug-likeness (QED) is 0.124. The van der Waals surface area contributed by atoms with Crippen molar-refractivity contribution in [2.24, 2.45) is 0 Å². The predicted molar refractivity (Wildman–Crippen MR) is 190 cm³/mol. The molecule has 3 aliphatic heterocycles. The van der Waals surface area contributed by atoms with Crippen LogP contribution >= 0.6 is 0 Å². The zero-order valence-corrected chi connectivity index (χ0v) is 29.4. The molecule has 3 aliphatic rings. The Morgan fingerprint density at radius 3 is 2.57 bits per heavy atom. The number of anilines is 1. The lowest BCUT2D eigenvalue weighted by molar-refractivity contribution is -0.164. The van der Waals surface area contributed by atoms with Crippen LogP contribution in [-0.2, 0) is 19.0 Å². The molecule has 0 saturated carbocycles. The van der Waals surface area contributed by atoms with Gasteiger partial charge >= 0.3 is 5.97 Å². The zero-order chi connectivity index (χ0) is 34.9. The number of benzene rings is 2. The first-order chi connectivity index (χ1) is 23.4. The lowest BCUT2D eigenvalue weighted by Crippen LogP contribution is -2.45. The third kappa shape index (κ3) is 7.33. The molecule has 6 bridgehead atoms. The SMILES string of the molecule is [C-]#[N+]c1ccc2c(c1)-c1cccc(c1)-c1cc3nc(C)c([C@H](OC(C)(C)C)C(=O)OC)c(n3n1)N1CCC(C)(CC1)OC/C=C\C[C@H](C)O2. The van der Waals surface area contributed by atoms with Gasteiger partial charge in [0.05, 0.1) is 48.9 Å². The van der Waals surface area contributed by atoms with Gasteiger partial charge in [0.2, 0.25) is 0 Å². The van der Waals surface area contributed by atoms with Gasteiger partial charge in [0.15, 0.2) is 17.4 Å². The van der Waals surface area contributed by atoms with Crippen LogP contribution in [-0.4, -0.2) is 64.7 Å². The highest BCUT2D eigenvalue weighted by Crippen LogP contribution is 2.40. The summed E-state index contributed by atoms with van der Waals surface area (Å²) in [5, 5.41) is 5.14. The average molecular weight is 664 g/mol. The number of nitrogens with zero attached hydrogens (tertiary/aromatic N) is 5. The molecule has 0 amide bonds. The van der Waals surface area contributed by atoms with E-state index >= 15 is 0 Å². The minimum absolute atomic E-state index is 0.0853. The molecule has 7 rings (SSSR count). The molecular weight excluding hydrogens is 618 g/mol. The van der Waals surface area contributed by atoms with Crippen LogP contribution in [0.3, 0.4) is 0 Å². The van der Waals surface area contributed by atoms with E-state index < -0.39 is 17.7 Å². The summed E-state index contributed by atoms with van der Waals surface area (Å²) in [7, 11) is 1.38. The number of ether oxygens (including phenoxy) is 4. The van der Waals surface area contributed by atoms with Gasteiger partial charge in [-0.05, 0) is 78.1 Å². The standard InChI is InChI=1S/C39H45N5O5/c1-25-12-9-10-21-47-39(6)17-19-43(20-18-39)36-34(35(37(45)46-8)49-38(3,4)5)26(2)41-33-24-31(42-44(33)36)28-14-11-13-27(22-28)30-23-29(40-7)15-16-32(30)48-25/h9-11,13-16,22-25,35H,12,17-21H2,1-6,8H3/b10-9-/t25-,35-/m0/s1. The fraction of sp³-hybridized carbons (Fsp3) is 0.436. The van der Waals surface area contributed by atoms with Gasteiger partial charge in [-0.3, -0.25) is 0 Å². The monoisotopic (exact) mass is 663 g/mol. The van der Waals surface area contributed by atoms with Gasteiger partial charge in [0.25, 0.3) is 0 Å². The van der Waals surface area contributed by atoms with E-state index in [0.717, 1.165) is 41.0 Å². The van der Waals surface area contributed by atoms with Crippen molar-refractivity contribution in [2.45, 2.75) is 84.2 Å². The summed E-state index contributed by atoms with van der Waals surface area (Å²) in [5.41, 5.74) is 4.89. The van der Waals surface area contributed by atoms with Crippen LogP contribution in [0.25, 0.3) is 32.9 Å². The number of hydrogen-bond acceptors (Lipinski definition) is 8. The third-order valence-electron chi connectivity index (χ3n) is 9.13. The lowest BCUT2D eigenvalue weighted by Gasteiger charge is -2.41. The number of carbonyl (C=O) groups is 1. The Balaban J connectivity index is 1.56. The normalized spacial score (nSPS) is 21.0. The average Bonchev–Trinajstić information content (AvgIpc) is 3.50. The number of aromatic nitrogens is 3. The molecule has 10 heteroatoms. The largest absolute Gasteiger partial charge is 0.490 e. The molecule has 49 heavy (non-hydrogen) atoms. The predicted octanol–water partition coefficient (Wildman–Crippen LogP) is 8.05. The van der Waals surface area contributed by atoms with Crippen molar-refractivity contribution in [2.75, 3.05) is 31.7 Å². The summed E-state index contributed by atoms with van der Waals surface area (Å²) in [4.78, 5) is 24.3. The number of fused-ring (bicyclic) bond motifs is 7. The lowest BCUT2D eigenvalue weighted by atomic mass is 9.92. The maximum absolute atomic E-state index is 13.4. The highest BCUT2D eigenvalue weighted by molar-refractivity contribution is 5.81. The molecule has 1 saturated heterocycles. The first kappa shape index (κ1) is 34.2. The zero-order valence-electron chi connectivity index (χ0n) is 29.4. The van der Waals surface area contributed by atoms with Crippen LogP contribution in [0.5, 0.6) is 5.75 Å². The number of methoxy groups -OCH3 is 1. The molecule has 0 radical (unpaired) electrons. The molecule has 10 nitrogen and oxygen atoms in total. The summed E-state index contributed by atoms with van der Waals surface area (Å²) in [5.74, 6) is 0.976. The van der Waals surface area contributed by atoms with Crippen molar-refractivity contribution in [3.8, 4) is 28.1 Å². The Kier molecular flexibility index (Phi) is 9.52. The van der Waals surface area contributed by atoms with E-state index in [-0.39, 0.29) is 11.7 Å². The molecule has 1 fully saturated rings. The van der Waals surface area contributed by atoms with Gasteiger partial charge in [-0.25, -0.2) is 14.6 Å². The number of esters is 1. The van der Waals surface area contributed by atoms with Crippen molar-refractivity contribution in [3.05, 3.63) is 83.4 Å². The first-order valence-corrected chi connectivity index (χ1v) is 16.9. The van der Waals surface area contributed by atoms with Gasteiger partial charge in [0.1, 0.15) is 11.6 Å². The summed E-state index contributed by atoms with van der Waals surface area (Å²) >= 11 is 0. The Morgan fingerprint density at radius 2 is 1.86 bits per heavy atom. The van der Waals surface area contributed by atoms with E-state index in [2.05, 4.69) is 34.9 Å². The number of rotatable bonds is 3.